The van der Waals surface area contributed by atoms with Crippen molar-refractivity contribution in [3.05, 3.63) is 29.8 Å². The number of likely N-dealkylation sites (tertiary alicyclic amines) is 1. The van der Waals surface area contributed by atoms with Gasteiger partial charge in [-0.2, -0.15) is 13.2 Å². The number of alkyl halides is 3. The molecule has 1 saturated carbocycles. The number of halogens is 3. The van der Waals surface area contributed by atoms with E-state index in [1.165, 1.54) is 56.7 Å². The average molecular weight is 447 g/mol. The fraction of sp³-hybridized carbons (Fsp3) is 0.727. The maximum atomic E-state index is 12.7. The molecule has 0 N–H and O–H groups in total. The van der Waals surface area contributed by atoms with E-state index in [-0.39, 0.29) is 4.90 Å². The van der Waals surface area contributed by atoms with Gasteiger partial charge in [0.05, 0.1) is 10.5 Å². The average Bonchev–Trinajstić information content (AvgIpc) is 2.73. The predicted molar refractivity (Wildman–Crippen MR) is 112 cm³/mol. The van der Waals surface area contributed by atoms with Crippen LogP contribution in [0.25, 0.3) is 0 Å². The van der Waals surface area contributed by atoms with Crippen LogP contribution < -0.4 is 0 Å². The highest BCUT2D eigenvalue weighted by Gasteiger charge is 2.32. The van der Waals surface area contributed by atoms with Gasteiger partial charge in [-0.15, -0.1) is 0 Å². The Morgan fingerprint density at radius 1 is 0.967 bits per heavy atom. The largest absolute Gasteiger partial charge is 0.416 e. The molecular weight excluding hydrogens is 413 g/mol. The molecule has 1 aliphatic heterocycles. The molecule has 0 atom stereocenters. The standard InChI is InChI=1S/C22H33F3N2O2S/c1-26(30(28,29)21-11-9-20(10-12-21)22(23,24)25)17-19-7-5-18(6-8-19)13-16-27-14-3-2-4-15-27/h9-12,18-19H,2-8,13-17H2,1H3/t18-,19-. The van der Waals surface area contributed by atoms with Crippen LogP contribution in [-0.4, -0.2) is 50.8 Å². The maximum Gasteiger partial charge on any atom is 0.416 e. The minimum Gasteiger partial charge on any atom is -0.303 e. The molecule has 0 amide bonds. The van der Waals surface area contributed by atoms with E-state index in [1.54, 1.807) is 0 Å². The molecule has 0 unspecified atom stereocenters. The Hall–Kier alpha value is -1.12. The maximum absolute atomic E-state index is 12.7. The molecule has 0 radical (unpaired) electrons. The SMILES string of the molecule is CN(C[C@H]1CC[C@H](CCN2CCCCC2)CC1)S(=O)(=O)c1ccc(C(F)(F)F)cc1. The normalized spacial score (nSPS) is 24.3. The Morgan fingerprint density at radius 2 is 1.53 bits per heavy atom. The number of hydrogen-bond donors (Lipinski definition) is 0. The number of sulfonamides is 1. The number of piperidine rings is 1. The first-order valence-corrected chi connectivity index (χ1v) is 12.5. The van der Waals surface area contributed by atoms with Gasteiger partial charge >= 0.3 is 6.18 Å². The first-order valence-electron chi connectivity index (χ1n) is 11.0. The summed E-state index contributed by atoms with van der Waals surface area (Å²) in [6, 6.07) is 3.75. The molecule has 1 saturated heterocycles. The minimum atomic E-state index is -4.47. The summed E-state index contributed by atoms with van der Waals surface area (Å²) in [6.07, 6.45) is 5.02. The molecule has 0 aromatic heterocycles. The Bertz CT molecular complexity index is 767. The Balaban J connectivity index is 1.47. The van der Waals surface area contributed by atoms with Gasteiger partial charge in [-0.25, -0.2) is 12.7 Å². The second kappa shape index (κ2) is 10.0. The van der Waals surface area contributed by atoms with Crippen molar-refractivity contribution in [2.45, 2.75) is 62.4 Å². The topological polar surface area (TPSA) is 40.6 Å². The lowest BCUT2D eigenvalue weighted by molar-refractivity contribution is -0.137. The molecular formula is C22H33F3N2O2S. The summed E-state index contributed by atoms with van der Waals surface area (Å²) in [5, 5.41) is 0. The summed E-state index contributed by atoms with van der Waals surface area (Å²) in [7, 11) is -2.26. The van der Waals surface area contributed by atoms with Crippen LogP contribution in [0.5, 0.6) is 0 Å². The molecule has 8 heteroatoms. The van der Waals surface area contributed by atoms with E-state index >= 15 is 0 Å². The van der Waals surface area contributed by atoms with Crippen LogP contribution in [0.3, 0.4) is 0 Å². The van der Waals surface area contributed by atoms with Gasteiger partial charge in [0.15, 0.2) is 0 Å². The summed E-state index contributed by atoms with van der Waals surface area (Å²) in [5.41, 5.74) is -0.841. The zero-order valence-electron chi connectivity index (χ0n) is 17.7. The van der Waals surface area contributed by atoms with Crippen LogP contribution in [0, 0.1) is 11.8 Å². The van der Waals surface area contributed by atoms with E-state index in [4.69, 9.17) is 0 Å². The fourth-order valence-corrected chi connectivity index (χ4v) is 5.96. The smallest absolute Gasteiger partial charge is 0.303 e. The third kappa shape index (κ3) is 6.20. The molecule has 0 bridgehead atoms. The molecule has 3 rings (SSSR count). The van der Waals surface area contributed by atoms with Crippen LogP contribution >= 0.6 is 0 Å². The van der Waals surface area contributed by atoms with Crippen molar-refractivity contribution in [1.29, 1.82) is 0 Å². The van der Waals surface area contributed by atoms with E-state index in [2.05, 4.69) is 4.90 Å². The van der Waals surface area contributed by atoms with Gasteiger partial charge in [0.2, 0.25) is 10.0 Å². The molecule has 1 aliphatic carbocycles. The molecule has 2 aliphatic rings. The second-order valence-corrected chi connectivity index (χ2v) is 10.9. The lowest BCUT2D eigenvalue weighted by Crippen LogP contribution is -2.34. The Labute approximate surface area is 178 Å². The summed E-state index contributed by atoms with van der Waals surface area (Å²) >= 11 is 0. The zero-order chi connectivity index (χ0) is 21.8. The van der Waals surface area contributed by atoms with Gasteiger partial charge in [-0.05, 0) is 87.8 Å². The van der Waals surface area contributed by atoms with Gasteiger partial charge in [0.25, 0.3) is 0 Å². The molecule has 0 spiro atoms. The molecule has 1 heterocycles. The number of hydrogen-bond acceptors (Lipinski definition) is 3. The second-order valence-electron chi connectivity index (χ2n) is 8.89. The van der Waals surface area contributed by atoms with Crippen molar-refractivity contribution in [2.75, 3.05) is 33.2 Å². The predicted octanol–water partition coefficient (Wildman–Crippen LogP) is 5.01. The van der Waals surface area contributed by atoms with Gasteiger partial charge in [-0.1, -0.05) is 19.3 Å². The first kappa shape index (κ1) is 23.5. The molecule has 170 valence electrons. The summed E-state index contributed by atoms with van der Waals surface area (Å²) < 4.78 is 64.9. The van der Waals surface area contributed by atoms with Crippen LogP contribution in [0.1, 0.15) is 56.9 Å². The third-order valence-electron chi connectivity index (χ3n) is 6.67. The number of benzene rings is 1. The molecule has 4 nitrogen and oxygen atoms in total. The van der Waals surface area contributed by atoms with Crippen LogP contribution in [-0.2, 0) is 16.2 Å². The zero-order valence-corrected chi connectivity index (χ0v) is 18.5. The summed E-state index contributed by atoms with van der Waals surface area (Å²) in [5.74, 6) is 1.03. The van der Waals surface area contributed by atoms with Crippen LogP contribution in [0.15, 0.2) is 29.2 Å². The molecule has 30 heavy (non-hydrogen) atoms. The molecule has 1 aromatic carbocycles. The van der Waals surface area contributed by atoms with Crippen molar-refractivity contribution in [3.63, 3.8) is 0 Å². The highest BCUT2D eigenvalue weighted by molar-refractivity contribution is 7.89. The van der Waals surface area contributed by atoms with Crippen molar-refractivity contribution >= 4 is 10.0 Å². The minimum absolute atomic E-state index is 0.0896. The lowest BCUT2D eigenvalue weighted by Gasteiger charge is -2.33. The van der Waals surface area contributed by atoms with Gasteiger partial charge in [0, 0.05) is 13.6 Å². The lowest BCUT2D eigenvalue weighted by atomic mass is 9.80. The first-order chi connectivity index (χ1) is 14.2. The quantitative estimate of drug-likeness (QED) is 0.591. The summed E-state index contributed by atoms with van der Waals surface area (Å²) in [4.78, 5) is 2.48. The van der Waals surface area contributed by atoms with Gasteiger partial charge in [0.1, 0.15) is 0 Å². The Kier molecular flexibility index (Phi) is 7.85. The van der Waals surface area contributed by atoms with E-state index in [0.717, 1.165) is 55.9 Å². The van der Waals surface area contributed by atoms with Crippen molar-refractivity contribution in [1.82, 2.24) is 9.21 Å². The van der Waals surface area contributed by atoms with Gasteiger partial charge < -0.3 is 4.90 Å². The van der Waals surface area contributed by atoms with E-state index in [9.17, 15) is 21.6 Å². The molecule has 1 aromatic rings. The van der Waals surface area contributed by atoms with Crippen molar-refractivity contribution in [3.8, 4) is 0 Å². The Morgan fingerprint density at radius 3 is 2.10 bits per heavy atom. The monoisotopic (exact) mass is 446 g/mol. The number of nitrogens with zero attached hydrogens (tertiary/aromatic N) is 2. The van der Waals surface area contributed by atoms with E-state index in [0.29, 0.717) is 12.5 Å². The highest BCUT2D eigenvalue weighted by Crippen LogP contribution is 2.33. The highest BCUT2D eigenvalue weighted by atomic mass is 32.2. The van der Waals surface area contributed by atoms with E-state index in [1.807, 2.05) is 0 Å². The van der Waals surface area contributed by atoms with Crippen LogP contribution in [0.4, 0.5) is 13.2 Å². The van der Waals surface area contributed by atoms with E-state index < -0.39 is 21.8 Å². The van der Waals surface area contributed by atoms with Crippen molar-refractivity contribution in [2.24, 2.45) is 11.8 Å². The number of rotatable bonds is 7. The van der Waals surface area contributed by atoms with Crippen LogP contribution in [0.2, 0.25) is 0 Å². The molecule has 2 fully saturated rings. The fourth-order valence-electron chi connectivity index (χ4n) is 4.71. The summed E-state index contributed by atoms with van der Waals surface area (Å²) in [6.45, 7) is 4.05. The van der Waals surface area contributed by atoms with Crippen molar-refractivity contribution < 1.29 is 21.6 Å². The van der Waals surface area contributed by atoms with Gasteiger partial charge in [-0.3, -0.25) is 0 Å². The third-order valence-corrected chi connectivity index (χ3v) is 8.51.